The Morgan fingerprint density at radius 3 is 2.65 bits per heavy atom. The van der Waals surface area contributed by atoms with E-state index in [1.165, 1.54) is 12.4 Å². The van der Waals surface area contributed by atoms with Crippen molar-refractivity contribution in [2.75, 3.05) is 58.8 Å². The number of nitrogens with zero attached hydrogens (tertiary/aromatic N) is 4. The van der Waals surface area contributed by atoms with Crippen molar-refractivity contribution in [3.05, 3.63) is 46.9 Å². The Morgan fingerprint density at radius 2 is 1.90 bits per heavy atom. The number of hydrogen-bond acceptors (Lipinski definition) is 7. The molecule has 0 saturated carbocycles. The van der Waals surface area contributed by atoms with Crippen LogP contribution < -0.4 is 14.8 Å². The van der Waals surface area contributed by atoms with Gasteiger partial charge in [0.25, 0.3) is 0 Å². The molecule has 2 aromatic carbocycles. The molecule has 1 aliphatic rings. The molecule has 0 spiro atoms. The largest absolute Gasteiger partial charge is 0.493 e. The zero-order chi connectivity index (χ0) is 21.8. The number of halogens is 2. The zero-order valence-corrected chi connectivity index (χ0v) is 19.2. The summed E-state index contributed by atoms with van der Waals surface area (Å²) in [6.45, 7) is 5.66. The smallest absolute Gasteiger partial charge is 0.163 e. The fourth-order valence-corrected chi connectivity index (χ4v) is 3.84. The highest BCUT2D eigenvalue weighted by atomic mass is 79.9. The summed E-state index contributed by atoms with van der Waals surface area (Å²) in [7, 11) is 3.74. The van der Waals surface area contributed by atoms with Gasteiger partial charge in [-0.05, 0) is 31.3 Å². The van der Waals surface area contributed by atoms with Crippen LogP contribution in [0.5, 0.6) is 11.5 Å². The molecule has 31 heavy (non-hydrogen) atoms. The van der Waals surface area contributed by atoms with E-state index in [-0.39, 0.29) is 5.82 Å². The summed E-state index contributed by atoms with van der Waals surface area (Å²) in [6, 6.07) is 8.48. The number of aromatic nitrogens is 2. The third kappa shape index (κ3) is 5.23. The molecule has 0 amide bonds. The molecule has 9 heteroatoms. The van der Waals surface area contributed by atoms with Crippen LogP contribution in [0.3, 0.4) is 0 Å². The van der Waals surface area contributed by atoms with Gasteiger partial charge in [0.1, 0.15) is 24.6 Å². The normalized spacial score (nSPS) is 15.2. The molecule has 7 nitrogen and oxygen atoms in total. The van der Waals surface area contributed by atoms with Crippen LogP contribution in [0.2, 0.25) is 0 Å². The maximum absolute atomic E-state index is 14.3. The minimum Gasteiger partial charge on any atom is -0.493 e. The quantitative estimate of drug-likeness (QED) is 0.539. The molecule has 1 aliphatic heterocycles. The lowest BCUT2D eigenvalue weighted by Gasteiger charge is -2.32. The van der Waals surface area contributed by atoms with Crippen LogP contribution >= 0.6 is 15.9 Å². The van der Waals surface area contributed by atoms with Crippen molar-refractivity contribution in [2.45, 2.75) is 0 Å². The number of likely N-dealkylation sites (N-methyl/N-ethyl adjacent to an activating group) is 1. The van der Waals surface area contributed by atoms with Crippen molar-refractivity contribution < 1.29 is 13.9 Å². The first kappa shape index (κ1) is 21.7. The van der Waals surface area contributed by atoms with Gasteiger partial charge in [0, 0.05) is 48.6 Å². The molecule has 2 heterocycles. The van der Waals surface area contributed by atoms with E-state index in [4.69, 9.17) is 9.47 Å². The van der Waals surface area contributed by atoms with Crippen molar-refractivity contribution in [1.29, 1.82) is 0 Å². The monoisotopic (exact) mass is 489 g/mol. The summed E-state index contributed by atoms with van der Waals surface area (Å²) in [5.41, 5.74) is 1.01. The average molecular weight is 490 g/mol. The Hall–Kier alpha value is -2.49. The third-order valence-corrected chi connectivity index (χ3v) is 5.86. The lowest BCUT2D eigenvalue weighted by molar-refractivity contribution is 0.133. The van der Waals surface area contributed by atoms with Crippen molar-refractivity contribution in [3.8, 4) is 11.5 Å². The minimum absolute atomic E-state index is 0.328. The molecule has 1 aromatic heterocycles. The molecule has 0 bridgehead atoms. The SMILES string of the molecule is COc1cc2c(Nc3ccc(Br)cc3F)ncnc2cc1OCCN1CCN(C)CC1. The molecule has 0 atom stereocenters. The Labute approximate surface area is 189 Å². The lowest BCUT2D eigenvalue weighted by atomic mass is 10.2. The Bertz CT molecular complexity index is 1060. The summed E-state index contributed by atoms with van der Waals surface area (Å²) in [4.78, 5) is 13.4. The molecule has 1 N–H and O–H groups in total. The van der Waals surface area contributed by atoms with Gasteiger partial charge in [-0.15, -0.1) is 0 Å². The van der Waals surface area contributed by atoms with Crippen LogP contribution in [-0.4, -0.2) is 73.3 Å². The van der Waals surface area contributed by atoms with E-state index in [0.29, 0.717) is 45.0 Å². The summed E-state index contributed by atoms with van der Waals surface area (Å²) in [5.74, 6) is 1.33. The molecule has 164 valence electrons. The number of ether oxygens (including phenoxy) is 2. The van der Waals surface area contributed by atoms with Crippen molar-refractivity contribution in [3.63, 3.8) is 0 Å². The van der Waals surface area contributed by atoms with Gasteiger partial charge >= 0.3 is 0 Å². The number of methoxy groups -OCH3 is 1. The third-order valence-electron chi connectivity index (χ3n) is 5.37. The van der Waals surface area contributed by atoms with E-state index in [0.717, 1.165) is 32.7 Å². The summed E-state index contributed by atoms with van der Waals surface area (Å²) >= 11 is 3.27. The molecule has 0 aliphatic carbocycles. The van der Waals surface area contributed by atoms with Crippen LogP contribution in [0.15, 0.2) is 41.1 Å². The Morgan fingerprint density at radius 1 is 1.10 bits per heavy atom. The number of nitrogens with one attached hydrogen (secondary N) is 1. The van der Waals surface area contributed by atoms with Gasteiger partial charge in [-0.3, -0.25) is 4.90 Å². The fraction of sp³-hybridized carbons (Fsp3) is 0.364. The minimum atomic E-state index is -0.378. The number of benzene rings is 2. The van der Waals surface area contributed by atoms with Gasteiger partial charge in [0.15, 0.2) is 11.5 Å². The molecule has 1 saturated heterocycles. The van der Waals surface area contributed by atoms with E-state index in [1.807, 2.05) is 12.1 Å². The van der Waals surface area contributed by atoms with Gasteiger partial charge in [-0.25, -0.2) is 14.4 Å². The Kier molecular flexibility index (Phi) is 6.84. The lowest BCUT2D eigenvalue weighted by Crippen LogP contribution is -2.45. The molecule has 0 unspecified atom stereocenters. The first-order valence-electron chi connectivity index (χ1n) is 10.1. The fourth-order valence-electron chi connectivity index (χ4n) is 3.51. The Balaban J connectivity index is 1.52. The standard InChI is InChI=1S/C22H25BrFN5O2/c1-28-5-7-29(8-6-28)9-10-31-21-13-19-16(12-20(21)30-2)22(26-14-25-19)27-18-4-3-15(23)11-17(18)24/h3-4,11-14H,5-10H2,1-2H3,(H,25,26,27). The van der Waals surface area contributed by atoms with Crippen molar-refractivity contribution in [2.24, 2.45) is 0 Å². The van der Waals surface area contributed by atoms with E-state index in [1.54, 1.807) is 19.2 Å². The molecule has 4 rings (SSSR count). The topological polar surface area (TPSA) is 62.8 Å². The number of piperazine rings is 1. The average Bonchev–Trinajstić information content (AvgIpc) is 2.76. The highest BCUT2D eigenvalue weighted by molar-refractivity contribution is 9.10. The zero-order valence-electron chi connectivity index (χ0n) is 17.6. The summed E-state index contributed by atoms with van der Waals surface area (Å²) in [6.07, 6.45) is 1.45. The first-order chi connectivity index (χ1) is 15.0. The van der Waals surface area contributed by atoms with Gasteiger partial charge in [-0.1, -0.05) is 15.9 Å². The summed E-state index contributed by atoms with van der Waals surface area (Å²) in [5, 5.41) is 3.76. The molecule has 0 radical (unpaired) electrons. The molecule has 3 aromatic rings. The van der Waals surface area contributed by atoms with Crippen LogP contribution in [0, 0.1) is 5.82 Å². The predicted molar refractivity (Wildman–Crippen MR) is 123 cm³/mol. The highest BCUT2D eigenvalue weighted by Gasteiger charge is 2.16. The van der Waals surface area contributed by atoms with Crippen LogP contribution in [0.4, 0.5) is 15.9 Å². The van der Waals surface area contributed by atoms with Crippen LogP contribution in [-0.2, 0) is 0 Å². The number of hydrogen-bond donors (Lipinski definition) is 1. The maximum atomic E-state index is 14.3. The molecule has 1 fully saturated rings. The molecular formula is C22H25BrFN5O2. The first-order valence-corrected chi connectivity index (χ1v) is 10.9. The number of anilines is 2. The van der Waals surface area contributed by atoms with Gasteiger partial charge in [0.05, 0.1) is 18.3 Å². The van der Waals surface area contributed by atoms with Crippen molar-refractivity contribution in [1.82, 2.24) is 19.8 Å². The number of rotatable bonds is 7. The summed E-state index contributed by atoms with van der Waals surface area (Å²) < 4.78 is 26.5. The second kappa shape index (κ2) is 9.76. The van der Waals surface area contributed by atoms with Gasteiger partial charge in [-0.2, -0.15) is 0 Å². The van der Waals surface area contributed by atoms with E-state index in [2.05, 4.69) is 48.1 Å². The van der Waals surface area contributed by atoms with Crippen LogP contribution in [0.25, 0.3) is 10.9 Å². The van der Waals surface area contributed by atoms with Crippen molar-refractivity contribution >= 4 is 38.3 Å². The van der Waals surface area contributed by atoms with E-state index < -0.39 is 0 Å². The van der Waals surface area contributed by atoms with Crippen LogP contribution in [0.1, 0.15) is 0 Å². The maximum Gasteiger partial charge on any atom is 0.163 e. The number of fused-ring (bicyclic) bond motifs is 1. The second-order valence-corrected chi connectivity index (χ2v) is 8.40. The van der Waals surface area contributed by atoms with Gasteiger partial charge < -0.3 is 19.7 Å². The molecular weight excluding hydrogens is 465 g/mol. The van der Waals surface area contributed by atoms with E-state index >= 15 is 0 Å². The van der Waals surface area contributed by atoms with Gasteiger partial charge in [0.2, 0.25) is 0 Å². The second-order valence-electron chi connectivity index (χ2n) is 7.49. The highest BCUT2D eigenvalue weighted by Crippen LogP contribution is 2.35. The van der Waals surface area contributed by atoms with E-state index in [9.17, 15) is 4.39 Å². The predicted octanol–water partition coefficient (Wildman–Crippen LogP) is 3.91.